The molecular weight excluding hydrogens is 222 g/mol. The Kier molecular flexibility index (Phi) is 4.08. The van der Waals surface area contributed by atoms with Crippen LogP contribution in [0.2, 0.25) is 5.02 Å². The summed E-state index contributed by atoms with van der Waals surface area (Å²) in [7, 11) is 0. The molecule has 0 amide bonds. The summed E-state index contributed by atoms with van der Waals surface area (Å²) in [6.07, 6.45) is 3.64. The molecule has 88 valence electrons. The Balaban J connectivity index is 2.01. The highest BCUT2D eigenvalue weighted by Gasteiger charge is 2.14. The maximum atomic E-state index is 6.15. The summed E-state index contributed by atoms with van der Waals surface area (Å²) in [5.74, 6) is 0.819. The van der Waals surface area contributed by atoms with Crippen LogP contribution in [0.4, 0.5) is 0 Å². The number of rotatable bonds is 2. The summed E-state index contributed by atoms with van der Waals surface area (Å²) in [6, 6.07) is 5.96. The standard InChI is InChI=1S/C13H18ClNO/c1-10-4-5-13(12(14)9-10)16-11-3-2-7-15-8-6-11/h4-5,9,11,15H,2-3,6-8H2,1H3. The van der Waals surface area contributed by atoms with E-state index in [4.69, 9.17) is 16.3 Å². The van der Waals surface area contributed by atoms with Crippen LogP contribution in [-0.2, 0) is 0 Å². The predicted molar refractivity (Wildman–Crippen MR) is 67.3 cm³/mol. The van der Waals surface area contributed by atoms with Gasteiger partial charge >= 0.3 is 0 Å². The first-order valence-corrected chi connectivity index (χ1v) is 6.27. The molecule has 1 fully saturated rings. The smallest absolute Gasteiger partial charge is 0.138 e. The van der Waals surface area contributed by atoms with Gasteiger partial charge in [-0.15, -0.1) is 0 Å². The van der Waals surface area contributed by atoms with Gasteiger partial charge in [-0.05, 0) is 57.0 Å². The molecule has 2 nitrogen and oxygen atoms in total. The number of nitrogens with one attached hydrogen (secondary N) is 1. The molecule has 0 aliphatic carbocycles. The quantitative estimate of drug-likeness (QED) is 0.856. The number of ether oxygens (including phenoxy) is 1. The third-order valence-electron chi connectivity index (χ3n) is 2.90. The van der Waals surface area contributed by atoms with Gasteiger partial charge in [-0.1, -0.05) is 17.7 Å². The van der Waals surface area contributed by atoms with E-state index in [0.717, 1.165) is 36.7 Å². The third kappa shape index (κ3) is 3.13. The number of benzene rings is 1. The minimum atomic E-state index is 0.301. The molecule has 1 aliphatic rings. The minimum Gasteiger partial charge on any atom is -0.489 e. The van der Waals surface area contributed by atoms with Crippen molar-refractivity contribution in [1.82, 2.24) is 5.32 Å². The molecule has 1 aromatic rings. The van der Waals surface area contributed by atoms with E-state index in [2.05, 4.69) is 5.32 Å². The fraction of sp³-hybridized carbons (Fsp3) is 0.538. The number of hydrogen-bond donors (Lipinski definition) is 1. The van der Waals surface area contributed by atoms with Crippen LogP contribution >= 0.6 is 11.6 Å². The third-order valence-corrected chi connectivity index (χ3v) is 3.20. The average Bonchev–Trinajstić information content (AvgIpc) is 2.51. The van der Waals surface area contributed by atoms with E-state index in [1.165, 1.54) is 12.0 Å². The highest BCUT2D eigenvalue weighted by Crippen LogP contribution is 2.27. The second-order valence-electron chi connectivity index (χ2n) is 4.35. The lowest BCUT2D eigenvalue weighted by Gasteiger charge is -2.17. The van der Waals surface area contributed by atoms with Crippen molar-refractivity contribution in [2.45, 2.75) is 32.3 Å². The fourth-order valence-corrected chi connectivity index (χ4v) is 2.27. The molecule has 3 heteroatoms. The Morgan fingerprint density at radius 2 is 2.19 bits per heavy atom. The fourth-order valence-electron chi connectivity index (χ4n) is 1.99. The first-order chi connectivity index (χ1) is 7.75. The largest absolute Gasteiger partial charge is 0.489 e. The van der Waals surface area contributed by atoms with Crippen LogP contribution in [0.15, 0.2) is 18.2 Å². The molecule has 0 bridgehead atoms. The minimum absolute atomic E-state index is 0.301. The highest BCUT2D eigenvalue weighted by molar-refractivity contribution is 6.32. The molecule has 16 heavy (non-hydrogen) atoms. The Labute approximate surface area is 102 Å². The zero-order valence-corrected chi connectivity index (χ0v) is 10.4. The van der Waals surface area contributed by atoms with Crippen LogP contribution in [0, 0.1) is 6.92 Å². The summed E-state index contributed by atoms with van der Waals surface area (Å²) in [5.41, 5.74) is 1.17. The number of hydrogen-bond acceptors (Lipinski definition) is 2. The van der Waals surface area contributed by atoms with Crippen LogP contribution in [0.25, 0.3) is 0 Å². The van der Waals surface area contributed by atoms with Crippen LogP contribution in [0.5, 0.6) is 5.75 Å². The molecule has 1 atom stereocenters. The van der Waals surface area contributed by atoms with Gasteiger partial charge < -0.3 is 10.1 Å². The van der Waals surface area contributed by atoms with Crippen LogP contribution in [0.3, 0.4) is 0 Å². The van der Waals surface area contributed by atoms with Crippen molar-refractivity contribution < 1.29 is 4.74 Å². The first-order valence-electron chi connectivity index (χ1n) is 5.89. The zero-order chi connectivity index (χ0) is 11.4. The Morgan fingerprint density at radius 1 is 1.31 bits per heavy atom. The van der Waals surface area contributed by atoms with E-state index in [0.29, 0.717) is 6.10 Å². The summed E-state index contributed by atoms with van der Waals surface area (Å²) < 4.78 is 5.95. The van der Waals surface area contributed by atoms with Gasteiger partial charge in [0.1, 0.15) is 11.9 Å². The molecule has 0 radical (unpaired) electrons. The van der Waals surface area contributed by atoms with Gasteiger partial charge in [0.15, 0.2) is 0 Å². The summed E-state index contributed by atoms with van der Waals surface area (Å²) in [6.45, 7) is 4.17. The number of aryl methyl sites for hydroxylation is 1. The second kappa shape index (κ2) is 5.55. The van der Waals surface area contributed by atoms with E-state index in [-0.39, 0.29) is 0 Å². The van der Waals surface area contributed by atoms with E-state index < -0.39 is 0 Å². The van der Waals surface area contributed by atoms with Crippen molar-refractivity contribution in [3.63, 3.8) is 0 Å². The van der Waals surface area contributed by atoms with Gasteiger partial charge in [-0.2, -0.15) is 0 Å². The highest BCUT2D eigenvalue weighted by atomic mass is 35.5. The Hall–Kier alpha value is -0.730. The molecule has 1 heterocycles. The van der Waals surface area contributed by atoms with Gasteiger partial charge in [0.2, 0.25) is 0 Å². The van der Waals surface area contributed by atoms with Gasteiger partial charge in [0.25, 0.3) is 0 Å². The molecular formula is C13H18ClNO. The lowest BCUT2D eigenvalue weighted by atomic mass is 10.1. The normalized spacial score (nSPS) is 21.5. The van der Waals surface area contributed by atoms with Gasteiger partial charge in [0.05, 0.1) is 5.02 Å². The summed E-state index contributed by atoms with van der Waals surface area (Å²) in [5, 5.41) is 4.09. The van der Waals surface area contributed by atoms with E-state index in [1.807, 2.05) is 25.1 Å². The lowest BCUT2D eigenvalue weighted by Crippen LogP contribution is -2.19. The molecule has 0 spiro atoms. The van der Waals surface area contributed by atoms with Crippen molar-refractivity contribution >= 4 is 11.6 Å². The zero-order valence-electron chi connectivity index (χ0n) is 9.63. The molecule has 1 unspecified atom stereocenters. The maximum absolute atomic E-state index is 6.15. The number of halogens is 1. The monoisotopic (exact) mass is 239 g/mol. The van der Waals surface area contributed by atoms with Gasteiger partial charge in [-0.3, -0.25) is 0 Å². The van der Waals surface area contributed by atoms with Crippen molar-refractivity contribution in [2.24, 2.45) is 0 Å². The molecule has 1 aromatic carbocycles. The molecule has 1 N–H and O–H groups in total. The van der Waals surface area contributed by atoms with Crippen molar-refractivity contribution in [2.75, 3.05) is 13.1 Å². The van der Waals surface area contributed by atoms with Crippen molar-refractivity contribution in [3.8, 4) is 5.75 Å². The van der Waals surface area contributed by atoms with Crippen LogP contribution < -0.4 is 10.1 Å². The van der Waals surface area contributed by atoms with E-state index >= 15 is 0 Å². The van der Waals surface area contributed by atoms with Crippen molar-refractivity contribution in [1.29, 1.82) is 0 Å². The molecule has 0 saturated carbocycles. The second-order valence-corrected chi connectivity index (χ2v) is 4.76. The van der Waals surface area contributed by atoms with Crippen molar-refractivity contribution in [3.05, 3.63) is 28.8 Å². The van der Waals surface area contributed by atoms with Gasteiger partial charge in [0, 0.05) is 0 Å². The first kappa shape index (κ1) is 11.7. The van der Waals surface area contributed by atoms with Crippen LogP contribution in [-0.4, -0.2) is 19.2 Å². The lowest BCUT2D eigenvalue weighted by molar-refractivity contribution is 0.187. The average molecular weight is 240 g/mol. The molecule has 2 rings (SSSR count). The van der Waals surface area contributed by atoms with E-state index in [1.54, 1.807) is 0 Å². The van der Waals surface area contributed by atoms with Gasteiger partial charge in [-0.25, -0.2) is 0 Å². The topological polar surface area (TPSA) is 21.3 Å². The summed E-state index contributed by atoms with van der Waals surface area (Å²) >= 11 is 6.15. The Morgan fingerprint density at radius 3 is 3.00 bits per heavy atom. The molecule has 1 saturated heterocycles. The molecule has 0 aromatic heterocycles. The molecule has 1 aliphatic heterocycles. The Bertz CT molecular complexity index is 346. The van der Waals surface area contributed by atoms with E-state index in [9.17, 15) is 0 Å². The van der Waals surface area contributed by atoms with Crippen LogP contribution in [0.1, 0.15) is 24.8 Å². The summed E-state index contributed by atoms with van der Waals surface area (Å²) in [4.78, 5) is 0. The SMILES string of the molecule is Cc1ccc(OC2CCCNCC2)c(Cl)c1. The predicted octanol–water partition coefficient (Wildman–Crippen LogP) is 3.17. The maximum Gasteiger partial charge on any atom is 0.138 e.